The molecule has 9 heteroatoms. The molecule has 3 rings (SSSR count). The number of aliphatic hydroxyl groups is 1. The highest BCUT2D eigenvalue weighted by molar-refractivity contribution is 5.75. The van der Waals surface area contributed by atoms with Gasteiger partial charge in [-0.2, -0.15) is 0 Å². The molecule has 1 aliphatic rings. The molecule has 0 spiro atoms. The average molecular weight is 474 g/mol. The van der Waals surface area contributed by atoms with E-state index < -0.39 is 6.09 Å². The first kappa shape index (κ1) is 25.2. The summed E-state index contributed by atoms with van der Waals surface area (Å²) < 4.78 is 26.8. The fourth-order valence-corrected chi connectivity index (χ4v) is 3.96. The molecule has 2 aromatic rings. The smallest absolute Gasteiger partial charge is 0.415 e. The molecule has 184 valence electrons. The Labute approximate surface area is 199 Å². The summed E-state index contributed by atoms with van der Waals surface area (Å²) in [5.74, 6) is 1.38. The van der Waals surface area contributed by atoms with Crippen molar-refractivity contribution < 1.29 is 38.4 Å². The predicted molar refractivity (Wildman–Crippen MR) is 124 cm³/mol. The minimum Gasteiger partial charge on any atom is -0.493 e. The largest absolute Gasteiger partial charge is 0.493 e. The molecule has 9 nitrogen and oxygen atoms in total. The van der Waals surface area contributed by atoms with Crippen molar-refractivity contribution >= 4 is 12.1 Å². The van der Waals surface area contributed by atoms with E-state index in [-0.39, 0.29) is 36.7 Å². The summed E-state index contributed by atoms with van der Waals surface area (Å²) in [6, 6.07) is 10.9. The number of ether oxygens (including phenoxy) is 5. The summed E-state index contributed by atoms with van der Waals surface area (Å²) in [6.07, 6.45) is 0.515. The lowest BCUT2D eigenvalue weighted by molar-refractivity contribution is -0.141. The number of carbonyl (C=O) groups excluding carboxylic acids is 2. The van der Waals surface area contributed by atoms with Crippen LogP contribution in [0.25, 0.3) is 0 Å². The molecule has 1 aliphatic heterocycles. The van der Waals surface area contributed by atoms with Gasteiger partial charge in [-0.05, 0) is 48.2 Å². The maximum absolute atomic E-state index is 12.5. The van der Waals surface area contributed by atoms with Crippen LogP contribution in [0, 0.1) is 11.8 Å². The van der Waals surface area contributed by atoms with Crippen LogP contribution >= 0.6 is 0 Å². The minimum atomic E-state index is -0.602. The second-order valence-corrected chi connectivity index (χ2v) is 8.09. The molecule has 1 saturated heterocycles. The van der Waals surface area contributed by atoms with Gasteiger partial charge in [-0.3, -0.25) is 4.79 Å². The number of aliphatic hydroxyl groups excluding tert-OH is 1. The molecule has 0 radical (unpaired) electrons. The Balaban J connectivity index is 1.72. The number of methoxy groups -OCH3 is 3. The molecule has 0 aliphatic carbocycles. The third-order valence-corrected chi connectivity index (χ3v) is 5.89. The van der Waals surface area contributed by atoms with E-state index in [1.807, 2.05) is 18.2 Å². The molecule has 0 bridgehead atoms. The average Bonchev–Trinajstić information content (AvgIpc) is 3.18. The zero-order chi connectivity index (χ0) is 24.7. The normalized spacial score (nSPS) is 17.1. The first-order valence-electron chi connectivity index (χ1n) is 11.0. The lowest BCUT2D eigenvalue weighted by Crippen LogP contribution is -2.32. The van der Waals surface area contributed by atoms with Gasteiger partial charge in [0.05, 0.1) is 40.5 Å². The Bertz CT molecular complexity index is 1010. The number of likely N-dealkylation sites (N-methyl/N-ethyl adjacent to an activating group) is 1. The number of hydrogen-bond acceptors (Lipinski definition) is 8. The standard InChI is InChI=1S/C25H31NO8/c1-26(9-10-27)25(29)34-21-8-6-17(14-23(21)32-4)12-19-18(15-33-24(19)28)11-16-5-7-20(30-2)22(13-16)31-3/h5-8,13-14,18-19,27H,9-12,15H2,1-4H3. The fourth-order valence-electron chi connectivity index (χ4n) is 3.96. The lowest BCUT2D eigenvalue weighted by Gasteiger charge is -2.18. The first-order valence-corrected chi connectivity index (χ1v) is 11.0. The molecule has 34 heavy (non-hydrogen) atoms. The molecule has 1 fully saturated rings. The third-order valence-electron chi connectivity index (χ3n) is 5.89. The van der Waals surface area contributed by atoms with Gasteiger partial charge in [-0.25, -0.2) is 4.79 Å². The fraction of sp³-hybridized carbons (Fsp3) is 0.440. The van der Waals surface area contributed by atoms with Gasteiger partial charge < -0.3 is 33.7 Å². The van der Waals surface area contributed by atoms with Crippen LogP contribution in [0.15, 0.2) is 36.4 Å². The molecule has 1 heterocycles. The monoisotopic (exact) mass is 473 g/mol. The highest BCUT2D eigenvalue weighted by Crippen LogP contribution is 2.35. The van der Waals surface area contributed by atoms with E-state index in [4.69, 9.17) is 28.8 Å². The zero-order valence-electron chi connectivity index (χ0n) is 19.9. The number of hydrogen-bond donors (Lipinski definition) is 1. The minimum absolute atomic E-state index is 0.00114. The van der Waals surface area contributed by atoms with Crippen molar-refractivity contribution in [1.82, 2.24) is 4.90 Å². The second kappa shape index (κ2) is 11.6. The van der Waals surface area contributed by atoms with Crippen LogP contribution in [-0.4, -0.2) is 70.2 Å². The van der Waals surface area contributed by atoms with Crippen molar-refractivity contribution in [3.63, 3.8) is 0 Å². The van der Waals surface area contributed by atoms with E-state index in [9.17, 15) is 9.59 Å². The van der Waals surface area contributed by atoms with Crippen molar-refractivity contribution in [3.8, 4) is 23.0 Å². The summed E-state index contributed by atoms with van der Waals surface area (Å²) in [4.78, 5) is 25.9. The molecule has 1 N–H and O–H groups in total. The Morgan fingerprint density at radius 3 is 2.18 bits per heavy atom. The summed E-state index contributed by atoms with van der Waals surface area (Å²) in [5, 5.41) is 8.99. The van der Waals surface area contributed by atoms with E-state index in [1.165, 1.54) is 19.1 Å². The van der Waals surface area contributed by atoms with Gasteiger partial charge in [0.15, 0.2) is 23.0 Å². The van der Waals surface area contributed by atoms with Gasteiger partial charge in [0.2, 0.25) is 0 Å². The third kappa shape index (κ3) is 5.91. The molecule has 2 atom stereocenters. The lowest BCUT2D eigenvalue weighted by atomic mass is 9.85. The summed E-state index contributed by atoms with van der Waals surface area (Å²) >= 11 is 0. The van der Waals surface area contributed by atoms with Crippen molar-refractivity contribution in [2.75, 3.05) is 48.1 Å². The van der Waals surface area contributed by atoms with Crippen molar-refractivity contribution in [2.24, 2.45) is 11.8 Å². The highest BCUT2D eigenvalue weighted by Gasteiger charge is 2.37. The molecule has 0 aromatic heterocycles. The van der Waals surface area contributed by atoms with E-state index >= 15 is 0 Å². The molecule has 2 unspecified atom stereocenters. The molecular formula is C25H31NO8. The Kier molecular flexibility index (Phi) is 8.59. The van der Waals surface area contributed by atoms with Crippen LogP contribution in [0.2, 0.25) is 0 Å². The topological polar surface area (TPSA) is 104 Å². The van der Waals surface area contributed by atoms with Crippen molar-refractivity contribution in [1.29, 1.82) is 0 Å². The van der Waals surface area contributed by atoms with Crippen LogP contribution in [0.4, 0.5) is 4.79 Å². The second-order valence-electron chi connectivity index (χ2n) is 8.09. The quantitative estimate of drug-likeness (QED) is 0.526. The van der Waals surface area contributed by atoms with Gasteiger partial charge in [-0.1, -0.05) is 12.1 Å². The molecule has 0 saturated carbocycles. The van der Waals surface area contributed by atoms with E-state index in [2.05, 4.69) is 0 Å². The molecular weight excluding hydrogens is 442 g/mol. The zero-order valence-corrected chi connectivity index (χ0v) is 19.9. The van der Waals surface area contributed by atoms with Gasteiger partial charge in [-0.15, -0.1) is 0 Å². The number of esters is 1. The molecule has 1 amide bonds. The Morgan fingerprint density at radius 2 is 1.56 bits per heavy atom. The summed E-state index contributed by atoms with van der Waals surface area (Å²) in [6.45, 7) is 0.343. The maximum atomic E-state index is 12.5. The van der Waals surface area contributed by atoms with Crippen LogP contribution in [0.5, 0.6) is 23.0 Å². The highest BCUT2D eigenvalue weighted by atomic mass is 16.6. The first-order chi connectivity index (χ1) is 16.4. The maximum Gasteiger partial charge on any atom is 0.415 e. The van der Waals surface area contributed by atoms with Crippen LogP contribution in [-0.2, 0) is 22.4 Å². The van der Waals surface area contributed by atoms with E-state index in [0.29, 0.717) is 36.7 Å². The van der Waals surface area contributed by atoms with Crippen molar-refractivity contribution in [2.45, 2.75) is 12.8 Å². The predicted octanol–water partition coefficient (Wildman–Crippen LogP) is 2.71. The van der Waals surface area contributed by atoms with Crippen molar-refractivity contribution in [3.05, 3.63) is 47.5 Å². The molecule has 2 aromatic carbocycles. The van der Waals surface area contributed by atoms with Gasteiger partial charge in [0, 0.05) is 19.5 Å². The Morgan fingerprint density at radius 1 is 0.971 bits per heavy atom. The van der Waals surface area contributed by atoms with Crippen LogP contribution < -0.4 is 18.9 Å². The summed E-state index contributed by atoms with van der Waals surface area (Å²) in [5.41, 5.74) is 1.89. The number of amides is 1. The van der Waals surface area contributed by atoms with Gasteiger partial charge >= 0.3 is 12.1 Å². The van der Waals surface area contributed by atoms with Crippen LogP contribution in [0.3, 0.4) is 0 Å². The SMILES string of the molecule is COc1ccc(CC2COC(=O)C2Cc2ccc(OC(=O)N(C)CCO)c(OC)c2)cc1OC. The van der Waals surface area contributed by atoms with Gasteiger partial charge in [0.25, 0.3) is 0 Å². The summed E-state index contributed by atoms with van der Waals surface area (Å²) in [7, 11) is 6.19. The Hall–Kier alpha value is -3.46. The van der Waals surface area contributed by atoms with Gasteiger partial charge in [0.1, 0.15) is 0 Å². The number of rotatable bonds is 10. The number of benzene rings is 2. The number of nitrogens with zero attached hydrogens (tertiary/aromatic N) is 1. The number of carbonyl (C=O) groups is 2. The van der Waals surface area contributed by atoms with E-state index in [1.54, 1.807) is 32.4 Å². The number of cyclic esters (lactones) is 1. The van der Waals surface area contributed by atoms with E-state index in [0.717, 1.165) is 11.1 Å². The van der Waals surface area contributed by atoms with Crippen LogP contribution in [0.1, 0.15) is 11.1 Å².